The molecule has 0 aliphatic rings. The van der Waals surface area contributed by atoms with Gasteiger partial charge in [-0.1, -0.05) is 6.07 Å². The predicted octanol–water partition coefficient (Wildman–Crippen LogP) is 3.04. The average molecular weight is 299 g/mol. The van der Waals surface area contributed by atoms with Crippen LogP contribution in [0.2, 0.25) is 0 Å². The Morgan fingerprint density at radius 1 is 1.35 bits per heavy atom. The lowest BCUT2D eigenvalue weighted by atomic mass is 9.97. The van der Waals surface area contributed by atoms with Crippen LogP contribution < -0.4 is 11.3 Å². The SMILES string of the molecule is Cc1ccc(F)cc1C(NN)c1ccoc1Br. The first-order chi connectivity index (χ1) is 8.13. The van der Waals surface area contributed by atoms with Crippen molar-refractivity contribution in [1.82, 2.24) is 5.43 Å². The van der Waals surface area contributed by atoms with E-state index in [-0.39, 0.29) is 11.9 Å². The number of rotatable bonds is 3. The molecule has 1 heterocycles. The number of aryl methyl sites for hydroxylation is 1. The summed E-state index contributed by atoms with van der Waals surface area (Å²) in [6.45, 7) is 1.91. The van der Waals surface area contributed by atoms with Gasteiger partial charge in [0.1, 0.15) is 5.82 Å². The monoisotopic (exact) mass is 298 g/mol. The molecule has 3 N–H and O–H groups in total. The minimum atomic E-state index is -0.307. The van der Waals surface area contributed by atoms with Crippen LogP contribution in [0.4, 0.5) is 4.39 Å². The molecule has 17 heavy (non-hydrogen) atoms. The first-order valence-corrected chi connectivity index (χ1v) is 5.88. The highest BCUT2D eigenvalue weighted by Crippen LogP contribution is 2.30. The topological polar surface area (TPSA) is 51.2 Å². The zero-order valence-electron chi connectivity index (χ0n) is 9.21. The average Bonchev–Trinajstić information content (AvgIpc) is 2.71. The molecule has 1 atom stereocenters. The third-order valence-corrected chi connectivity index (χ3v) is 3.32. The van der Waals surface area contributed by atoms with Gasteiger partial charge in [-0.05, 0) is 52.2 Å². The largest absolute Gasteiger partial charge is 0.457 e. The fraction of sp³-hybridized carbons (Fsp3) is 0.167. The maximum atomic E-state index is 13.3. The normalized spacial score (nSPS) is 12.7. The van der Waals surface area contributed by atoms with E-state index in [1.807, 2.05) is 6.92 Å². The summed E-state index contributed by atoms with van der Waals surface area (Å²) in [4.78, 5) is 0. The Morgan fingerprint density at radius 3 is 2.71 bits per heavy atom. The minimum absolute atomic E-state index is 0.287. The van der Waals surface area contributed by atoms with Gasteiger partial charge in [-0.2, -0.15) is 0 Å². The van der Waals surface area contributed by atoms with Crippen LogP contribution in [0.25, 0.3) is 0 Å². The molecular weight excluding hydrogens is 287 g/mol. The van der Waals surface area contributed by atoms with E-state index in [1.54, 1.807) is 18.4 Å². The second-order valence-corrected chi connectivity index (χ2v) is 4.47. The molecule has 1 aromatic heterocycles. The molecule has 0 aliphatic carbocycles. The van der Waals surface area contributed by atoms with Crippen LogP contribution >= 0.6 is 15.9 Å². The zero-order chi connectivity index (χ0) is 12.4. The molecule has 2 rings (SSSR count). The minimum Gasteiger partial charge on any atom is -0.457 e. The van der Waals surface area contributed by atoms with Gasteiger partial charge < -0.3 is 4.42 Å². The molecule has 0 radical (unpaired) electrons. The van der Waals surface area contributed by atoms with Gasteiger partial charge in [0.2, 0.25) is 0 Å². The van der Waals surface area contributed by atoms with Crippen molar-refractivity contribution in [1.29, 1.82) is 0 Å². The molecule has 1 unspecified atom stereocenters. The molecule has 5 heteroatoms. The van der Waals surface area contributed by atoms with Crippen molar-refractivity contribution in [3.05, 3.63) is 57.7 Å². The second kappa shape index (κ2) is 5.00. The number of furan rings is 1. The van der Waals surface area contributed by atoms with E-state index in [0.717, 1.165) is 16.7 Å². The highest BCUT2D eigenvalue weighted by molar-refractivity contribution is 9.10. The maximum absolute atomic E-state index is 13.3. The maximum Gasteiger partial charge on any atom is 0.174 e. The van der Waals surface area contributed by atoms with Gasteiger partial charge in [0.25, 0.3) is 0 Å². The first kappa shape index (κ1) is 12.3. The van der Waals surface area contributed by atoms with E-state index in [2.05, 4.69) is 21.4 Å². The molecule has 0 amide bonds. The molecular formula is C12H12BrFN2O. The number of nitrogens with two attached hydrogens (primary N) is 1. The van der Waals surface area contributed by atoms with E-state index < -0.39 is 0 Å². The highest BCUT2D eigenvalue weighted by atomic mass is 79.9. The Labute approximate surface area is 107 Å². The number of benzene rings is 1. The Hall–Kier alpha value is -1.17. The summed E-state index contributed by atoms with van der Waals surface area (Å²) in [6, 6.07) is 6.11. The fourth-order valence-corrected chi connectivity index (χ4v) is 2.25. The number of halogens is 2. The summed E-state index contributed by atoms with van der Waals surface area (Å²) in [5, 5.41) is 0. The third kappa shape index (κ3) is 2.41. The van der Waals surface area contributed by atoms with Crippen molar-refractivity contribution in [3.63, 3.8) is 0 Å². The fourth-order valence-electron chi connectivity index (χ4n) is 1.78. The number of nitrogens with one attached hydrogen (secondary N) is 1. The smallest absolute Gasteiger partial charge is 0.174 e. The summed E-state index contributed by atoms with van der Waals surface area (Å²) in [7, 11) is 0. The number of hydrogen-bond donors (Lipinski definition) is 2. The summed E-state index contributed by atoms with van der Waals surface area (Å²) in [6.07, 6.45) is 1.55. The van der Waals surface area contributed by atoms with Gasteiger partial charge in [-0.25, -0.2) is 9.82 Å². The third-order valence-electron chi connectivity index (χ3n) is 2.68. The highest BCUT2D eigenvalue weighted by Gasteiger charge is 2.19. The Kier molecular flexibility index (Phi) is 3.61. The first-order valence-electron chi connectivity index (χ1n) is 5.08. The lowest BCUT2D eigenvalue weighted by molar-refractivity contribution is 0.525. The van der Waals surface area contributed by atoms with Gasteiger partial charge in [-0.15, -0.1) is 0 Å². The van der Waals surface area contributed by atoms with Crippen LogP contribution in [0.1, 0.15) is 22.7 Å². The molecule has 0 saturated carbocycles. The second-order valence-electron chi connectivity index (χ2n) is 3.75. The summed E-state index contributed by atoms with van der Waals surface area (Å²) in [5.41, 5.74) is 5.25. The molecule has 0 bridgehead atoms. The van der Waals surface area contributed by atoms with Gasteiger partial charge >= 0.3 is 0 Å². The summed E-state index contributed by atoms with van der Waals surface area (Å²) < 4.78 is 19.0. The van der Waals surface area contributed by atoms with Crippen molar-refractivity contribution in [2.24, 2.45) is 5.84 Å². The van der Waals surface area contributed by atoms with Crippen LogP contribution in [0, 0.1) is 12.7 Å². The molecule has 0 spiro atoms. The Balaban J connectivity index is 2.49. The van der Waals surface area contributed by atoms with Crippen LogP contribution in [-0.4, -0.2) is 0 Å². The van der Waals surface area contributed by atoms with Gasteiger partial charge in [0.05, 0.1) is 12.3 Å². The molecule has 1 aromatic carbocycles. The standard InChI is InChI=1S/C12H12BrFN2O/c1-7-2-3-8(14)6-10(7)11(16-15)9-4-5-17-12(9)13/h2-6,11,16H,15H2,1H3. The van der Waals surface area contributed by atoms with Crippen molar-refractivity contribution >= 4 is 15.9 Å². The predicted molar refractivity (Wildman–Crippen MR) is 66.7 cm³/mol. The van der Waals surface area contributed by atoms with Crippen molar-refractivity contribution in [2.45, 2.75) is 13.0 Å². The number of hydrogen-bond acceptors (Lipinski definition) is 3. The van der Waals surface area contributed by atoms with E-state index in [9.17, 15) is 4.39 Å². The zero-order valence-corrected chi connectivity index (χ0v) is 10.8. The molecule has 3 nitrogen and oxygen atoms in total. The van der Waals surface area contributed by atoms with Crippen LogP contribution in [-0.2, 0) is 0 Å². The Morgan fingerprint density at radius 2 is 2.12 bits per heavy atom. The summed E-state index contributed by atoms with van der Waals surface area (Å²) in [5.74, 6) is 5.26. The van der Waals surface area contributed by atoms with E-state index in [0.29, 0.717) is 4.67 Å². The van der Waals surface area contributed by atoms with E-state index >= 15 is 0 Å². The van der Waals surface area contributed by atoms with Gasteiger partial charge in [0.15, 0.2) is 4.67 Å². The Bertz CT molecular complexity index is 527. The van der Waals surface area contributed by atoms with Gasteiger partial charge in [-0.3, -0.25) is 5.84 Å². The van der Waals surface area contributed by atoms with Crippen molar-refractivity contribution in [3.8, 4) is 0 Å². The molecule has 0 fully saturated rings. The molecule has 2 aromatic rings. The molecule has 0 saturated heterocycles. The van der Waals surface area contributed by atoms with E-state index in [1.165, 1.54) is 12.1 Å². The van der Waals surface area contributed by atoms with Gasteiger partial charge in [0, 0.05) is 5.56 Å². The number of hydrazine groups is 1. The van der Waals surface area contributed by atoms with Crippen molar-refractivity contribution < 1.29 is 8.81 Å². The summed E-state index contributed by atoms with van der Waals surface area (Å²) >= 11 is 3.29. The molecule has 90 valence electrons. The lowest BCUT2D eigenvalue weighted by Gasteiger charge is -2.17. The van der Waals surface area contributed by atoms with E-state index in [4.69, 9.17) is 10.3 Å². The quantitative estimate of drug-likeness (QED) is 0.676. The molecule has 0 aliphatic heterocycles. The van der Waals surface area contributed by atoms with Crippen LogP contribution in [0.15, 0.2) is 39.6 Å². The van der Waals surface area contributed by atoms with Crippen LogP contribution in [0.3, 0.4) is 0 Å². The van der Waals surface area contributed by atoms with Crippen LogP contribution in [0.5, 0.6) is 0 Å². The lowest BCUT2D eigenvalue weighted by Crippen LogP contribution is -2.29. The van der Waals surface area contributed by atoms with Crippen molar-refractivity contribution in [2.75, 3.05) is 0 Å².